The fourth-order valence-electron chi connectivity index (χ4n) is 1.29. The quantitative estimate of drug-likeness (QED) is 0.943. The Labute approximate surface area is 112 Å². The van der Waals surface area contributed by atoms with Crippen LogP contribution in [0.25, 0.3) is 0 Å². The van der Waals surface area contributed by atoms with E-state index in [4.69, 9.17) is 9.84 Å². The lowest BCUT2D eigenvalue weighted by molar-refractivity contribution is 0.0694. The number of rotatable bonds is 3. The van der Waals surface area contributed by atoms with Crippen molar-refractivity contribution in [3.05, 3.63) is 46.2 Å². The fourth-order valence-corrected chi connectivity index (χ4v) is 1.63. The summed E-state index contributed by atoms with van der Waals surface area (Å²) in [5.74, 6) is -0.870. The third-order valence-corrected chi connectivity index (χ3v) is 2.63. The Morgan fingerprint density at radius 3 is 2.61 bits per heavy atom. The van der Waals surface area contributed by atoms with E-state index in [1.54, 1.807) is 24.5 Å². The topological polar surface area (TPSA) is 72.3 Å². The smallest absolute Gasteiger partial charge is 0.339 e. The van der Waals surface area contributed by atoms with E-state index in [0.29, 0.717) is 0 Å². The molecular formula is C12H9BrN2O3. The molecule has 1 aromatic heterocycles. The van der Waals surface area contributed by atoms with Gasteiger partial charge in [0, 0.05) is 16.9 Å². The molecule has 92 valence electrons. The van der Waals surface area contributed by atoms with Gasteiger partial charge in [-0.2, -0.15) is 0 Å². The molecule has 2 aromatic rings. The number of aromatic nitrogens is 2. The van der Waals surface area contributed by atoms with E-state index in [1.165, 1.54) is 6.07 Å². The predicted octanol–water partition coefficient (Wildman–Crippen LogP) is 3.04. The van der Waals surface area contributed by atoms with Gasteiger partial charge in [0.05, 0.1) is 0 Å². The normalized spacial score (nSPS) is 10.1. The van der Waals surface area contributed by atoms with Gasteiger partial charge in [0.2, 0.25) is 0 Å². The van der Waals surface area contributed by atoms with Crippen molar-refractivity contribution in [2.24, 2.45) is 0 Å². The van der Waals surface area contributed by atoms with Gasteiger partial charge in [-0.05, 0) is 30.7 Å². The monoisotopic (exact) mass is 308 g/mol. The molecule has 0 aliphatic carbocycles. The third kappa shape index (κ3) is 2.84. The summed E-state index contributed by atoms with van der Waals surface area (Å²) in [5, 5.41) is 9.04. The highest BCUT2D eigenvalue weighted by molar-refractivity contribution is 9.10. The lowest BCUT2D eigenvalue weighted by Crippen LogP contribution is -2.01. The van der Waals surface area contributed by atoms with E-state index in [1.807, 2.05) is 6.92 Å². The molecule has 2 rings (SSSR count). The summed E-state index contributed by atoms with van der Waals surface area (Å²) < 4.78 is 6.09. The first-order valence-electron chi connectivity index (χ1n) is 5.05. The summed E-state index contributed by atoms with van der Waals surface area (Å²) >= 11 is 3.26. The molecule has 5 nitrogen and oxygen atoms in total. The van der Waals surface area contributed by atoms with E-state index in [2.05, 4.69) is 25.9 Å². The summed E-state index contributed by atoms with van der Waals surface area (Å²) in [5.41, 5.74) is 0.956. The molecule has 0 unspecified atom stereocenters. The molecule has 6 heteroatoms. The summed E-state index contributed by atoms with van der Waals surface area (Å²) in [6, 6.07) is 4.76. The molecule has 0 saturated heterocycles. The maximum absolute atomic E-state index is 11.0. The Balaban J connectivity index is 2.35. The number of aryl methyl sites for hydroxylation is 1. The van der Waals surface area contributed by atoms with Gasteiger partial charge < -0.3 is 9.84 Å². The Hall–Kier alpha value is -1.95. The first kappa shape index (κ1) is 12.5. The molecule has 0 aliphatic rings. The summed E-state index contributed by atoms with van der Waals surface area (Å²) in [6.07, 6.45) is 3.20. The Morgan fingerprint density at radius 1 is 1.33 bits per heavy atom. The number of ether oxygens (including phenoxy) is 1. The highest BCUT2D eigenvalue weighted by Gasteiger charge is 2.13. The number of carboxylic acids is 1. The first-order chi connectivity index (χ1) is 8.56. The van der Waals surface area contributed by atoms with Gasteiger partial charge in [-0.25, -0.2) is 14.8 Å². The number of hydrogen-bond donors (Lipinski definition) is 1. The van der Waals surface area contributed by atoms with E-state index in [9.17, 15) is 4.79 Å². The zero-order chi connectivity index (χ0) is 13.1. The number of carboxylic acid groups (broad SMARTS) is 1. The van der Waals surface area contributed by atoms with Crippen molar-refractivity contribution in [3.63, 3.8) is 0 Å². The van der Waals surface area contributed by atoms with Gasteiger partial charge >= 0.3 is 12.0 Å². The lowest BCUT2D eigenvalue weighted by atomic mass is 10.2. The summed E-state index contributed by atoms with van der Waals surface area (Å²) in [6.45, 7) is 1.85. The third-order valence-electron chi connectivity index (χ3n) is 2.13. The van der Waals surface area contributed by atoms with Crippen LogP contribution in [0, 0.1) is 6.92 Å². The number of hydrogen-bond acceptors (Lipinski definition) is 4. The van der Waals surface area contributed by atoms with E-state index in [0.717, 1.165) is 10.0 Å². The number of benzene rings is 1. The molecule has 18 heavy (non-hydrogen) atoms. The van der Waals surface area contributed by atoms with Crippen molar-refractivity contribution < 1.29 is 14.6 Å². The van der Waals surface area contributed by atoms with Crippen molar-refractivity contribution in [1.82, 2.24) is 9.97 Å². The second kappa shape index (κ2) is 5.14. The van der Waals surface area contributed by atoms with Crippen LogP contribution in [-0.2, 0) is 0 Å². The lowest BCUT2D eigenvalue weighted by Gasteiger charge is -2.07. The molecule has 0 atom stereocenters. The van der Waals surface area contributed by atoms with E-state index >= 15 is 0 Å². The highest BCUT2D eigenvalue weighted by Crippen LogP contribution is 2.26. The second-order valence-corrected chi connectivity index (χ2v) is 4.51. The Kier molecular flexibility index (Phi) is 3.57. The zero-order valence-electron chi connectivity index (χ0n) is 9.42. The van der Waals surface area contributed by atoms with Crippen molar-refractivity contribution in [3.8, 4) is 11.8 Å². The van der Waals surface area contributed by atoms with Crippen LogP contribution in [0.2, 0.25) is 0 Å². The number of halogens is 1. The molecule has 0 radical (unpaired) electrons. The highest BCUT2D eigenvalue weighted by atomic mass is 79.9. The SMILES string of the molecule is Cc1cnc(Oc2cc(Br)ccc2C(=O)O)nc1. The minimum atomic E-state index is -1.07. The summed E-state index contributed by atoms with van der Waals surface area (Å²) in [4.78, 5) is 19.0. The van der Waals surface area contributed by atoms with Gasteiger partial charge in [0.1, 0.15) is 11.3 Å². The molecular weight excluding hydrogens is 300 g/mol. The van der Waals surface area contributed by atoms with Crippen LogP contribution >= 0.6 is 15.9 Å². The van der Waals surface area contributed by atoms with E-state index in [-0.39, 0.29) is 17.3 Å². The first-order valence-corrected chi connectivity index (χ1v) is 5.85. The predicted molar refractivity (Wildman–Crippen MR) is 67.9 cm³/mol. The minimum absolute atomic E-state index is 0.0578. The summed E-state index contributed by atoms with van der Waals surface area (Å²) in [7, 11) is 0. The van der Waals surface area contributed by atoms with Crippen molar-refractivity contribution in [2.45, 2.75) is 6.92 Å². The van der Waals surface area contributed by atoms with Gasteiger partial charge in [0.25, 0.3) is 0 Å². The van der Waals surface area contributed by atoms with Gasteiger partial charge in [-0.15, -0.1) is 0 Å². The molecule has 1 N–H and O–H groups in total. The molecule has 0 fully saturated rings. The number of carbonyl (C=O) groups is 1. The average Bonchev–Trinajstić information content (AvgIpc) is 2.32. The van der Waals surface area contributed by atoms with Gasteiger partial charge in [-0.1, -0.05) is 15.9 Å². The minimum Gasteiger partial charge on any atom is -0.478 e. The van der Waals surface area contributed by atoms with Crippen molar-refractivity contribution in [1.29, 1.82) is 0 Å². The molecule has 1 aromatic carbocycles. The van der Waals surface area contributed by atoms with Crippen LogP contribution < -0.4 is 4.74 Å². The van der Waals surface area contributed by atoms with Gasteiger partial charge in [-0.3, -0.25) is 0 Å². The molecule has 1 heterocycles. The second-order valence-electron chi connectivity index (χ2n) is 3.59. The molecule has 0 bridgehead atoms. The number of aromatic carboxylic acids is 1. The van der Waals surface area contributed by atoms with Crippen molar-refractivity contribution >= 4 is 21.9 Å². The van der Waals surface area contributed by atoms with Crippen LogP contribution in [0.15, 0.2) is 35.1 Å². The standard InChI is InChI=1S/C12H9BrN2O3/c1-7-5-14-12(15-6-7)18-10-4-8(13)2-3-9(10)11(16)17/h2-6H,1H3,(H,16,17). The Bertz CT molecular complexity index is 584. The van der Waals surface area contributed by atoms with Crippen LogP contribution in [-0.4, -0.2) is 21.0 Å². The Morgan fingerprint density at radius 2 is 2.00 bits per heavy atom. The average molecular weight is 309 g/mol. The number of nitrogens with zero attached hydrogens (tertiary/aromatic N) is 2. The van der Waals surface area contributed by atoms with Crippen LogP contribution in [0.3, 0.4) is 0 Å². The zero-order valence-corrected chi connectivity index (χ0v) is 11.0. The maximum Gasteiger partial charge on any atom is 0.339 e. The van der Waals surface area contributed by atoms with Crippen LogP contribution in [0.1, 0.15) is 15.9 Å². The largest absolute Gasteiger partial charge is 0.478 e. The molecule has 0 amide bonds. The molecule has 0 saturated carbocycles. The molecule has 0 aliphatic heterocycles. The van der Waals surface area contributed by atoms with Crippen LogP contribution in [0.4, 0.5) is 0 Å². The molecule has 0 spiro atoms. The fraction of sp³-hybridized carbons (Fsp3) is 0.0833. The van der Waals surface area contributed by atoms with E-state index < -0.39 is 5.97 Å². The van der Waals surface area contributed by atoms with Crippen LogP contribution in [0.5, 0.6) is 11.8 Å². The van der Waals surface area contributed by atoms with Crippen molar-refractivity contribution in [2.75, 3.05) is 0 Å². The maximum atomic E-state index is 11.0. The van der Waals surface area contributed by atoms with Gasteiger partial charge in [0.15, 0.2) is 0 Å².